The van der Waals surface area contributed by atoms with E-state index < -0.39 is 44.3 Å². The highest BCUT2D eigenvalue weighted by molar-refractivity contribution is 5.81. The van der Waals surface area contributed by atoms with Gasteiger partial charge in [0.05, 0.1) is 56.0 Å². The Morgan fingerprint density at radius 1 is 0.500 bits per heavy atom. The molecule has 0 saturated carbocycles. The molecule has 0 aromatic heterocycles. The van der Waals surface area contributed by atoms with E-state index in [9.17, 15) is 21.0 Å². The number of hydrogen-bond donors (Lipinski definition) is 0. The Balaban J connectivity index is 2.58. The first kappa shape index (κ1) is 22.9. The quantitative estimate of drug-likeness (QED) is 0.597. The summed E-state index contributed by atoms with van der Waals surface area (Å²) in [6, 6.07) is 21.1. The zero-order valence-electron chi connectivity index (χ0n) is 17.1. The number of rotatable bonds is 2. The van der Waals surface area contributed by atoms with Crippen LogP contribution in [-0.2, 0) is 0 Å². The maximum atomic E-state index is 15.6. The Morgan fingerprint density at radius 3 is 1.06 bits per heavy atom. The molecular weight excluding hydrogens is 434 g/mol. The van der Waals surface area contributed by atoms with Gasteiger partial charge in [0.1, 0.15) is 24.3 Å². The fraction of sp³-hybridized carbons (Fsp3) is 0. The first-order valence-electron chi connectivity index (χ1n) is 9.36. The molecule has 0 atom stereocenters. The van der Waals surface area contributed by atoms with Gasteiger partial charge in [-0.2, -0.15) is 31.6 Å². The summed E-state index contributed by atoms with van der Waals surface area (Å²) in [7, 11) is 0. The van der Waals surface area contributed by atoms with Crippen molar-refractivity contribution in [3.63, 3.8) is 0 Å². The van der Waals surface area contributed by atoms with E-state index >= 15 is 8.78 Å². The van der Waals surface area contributed by atoms with Crippen molar-refractivity contribution in [2.75, 3.05) is 0 Å². The molecule has 0 bridgehead atoms. The molecule has 3 aromatic carbocycles. The maximum Gasteiger partial charge on any atom is 0.151 e. The first-order chi connectivity index (χ1) is 16.4. The van der Waals surface area contributed by atoms with Crippen molar-refractivity contribution in [2.24, 2.45) is 0 Å². The summed E-state index contributed by atoms with van der Waals surface area (Å²) in [5.41, 5.74) is -1.82. The van der Waals surface area contributed by atoms with Crippen LogP contribution in [0, 0.1) is 79.6 Å². The number of hydrogen-bond acceptors (Lipinski definition) is 6. The Labute approximate surface area is 192 Å². The van der Waals surface area contributed by atoms with E-state index in [-0.39, 0.29) is 22.3 Å². The smallest absolute Gasteiger partial charge is 0.151 e. The second kappa shape index (κ2) is 9.56. The maximum absolute atomic E-state index is 15.6. The minimum absolute atomic E-state index is 0.101. The van der Waals surface area contributed by atoms with Crippen LogP contribution in [0.25, 0.3) is 11.1 Å². The topological polar surface area (TPSA) is 143 Å². The molecule has 0 heterocycles. The van der Waals surface area contributed by atoms with Crippen LogP contribution in [0.1, 0.15) is 33.4 Å². The van der Waals surface area contributed by atoms with E-state index in [4.69, 9.17) is 10.5 Å². The summed E-state index contributed by atoms with van der Waals surface area (Å²) in [6.07, 6.45) is 0. The lowest BCUT2D eigenvalue weighted by molar-refractivity contribution is 0.577. The zero-order valence-corrected chi connectivity index (χ0v) is 17.1. The van der Waals surface area contributed by atoms with Crippen LogP contribution in [0.2, 0.25) is 0 Å². The average molecular weight is 442 g/mol. The summed E-state index contributed by atoms with van der Waals surface area (Å²) < 4.78 is 31.3. The number of nitriles is 6. The molecule has 3 aromatic rings. The minimum Gasteiger partial charge on any atom is -0.205 e. The van der Waals surface area contributed by atoms with Gasteiger partial charge in [-0.25, -0.2) is 8.78 Å². The molecule has 0 unspecified atom stereocenters. The van der Waals surface area contributed by atoms with Gasteiger partial charge >= 0.3 is 0 Å². The Bertz CT molecular complexity index is 1580. The third-order valence-corrected chi connectivity index (χ3v) is 4.93. The van der Waals surface area contributed by atoms with Crippen molar-refractivity contribution < 1.29 is 8.78 Å². The van der Waals surface area contributed by atoms with E-state index in [1.165, 1.54) is 60.7 Å². The molecule has 6 nitrogen and oxygen atoms in total. The zero-order chi connectivity index (χ0) is 24.8. The van der Waals surface area contributed by atoms with Gasteiger partial charge in [0, 0.05) is 0 Å². The normalized spacial score (nSPS) is 11.4. The largest absolute Gasteiger partial charge is 0.205 e. The Hall–Kier alpha value is -5.80. The van der Waals surface area contributed by atoms with E-state index in [1.807, 2.05) is 12.1 Å². The van der Waals surface area contributed by atoms with Crippen molar-refractivity contribution in [3.8, 4) is 36.4 Å². The molecule has 0 amide bonds. The van der Waals surface area contributed by atoms with Crippen LogP contribution >= 0.6 is 0 Å². The van der Waals surface area contributed by atoms with Crippen LogP contribution in [0.3, 0.4) is 0 Å². The Kier molecular flexibility index (Phi) is 6.43. The molecule has 0 fully saturated rings. The highest BCUT2D eigenvalue weighted by atomic mass is 19.1. The van der Waals surface area contributed by atoms with Crippen molar-refractivity contribution >= 4 is 11.1 Å². The van der Waals surface area contributed by atoms with Crippen molar-refractivity contribution in [1.82, 2.24) is 0 Å². The highest BCUT2D eigenvalue weighted by Crippen LogP contribution is 2.17. The molecule has 0 aliphatic heterocycles. The molecule has 0 spiro atoms. The van der Waals surface area contributed by atoms with E-state index in [0.717, 1.165) is 0 Å². The second-order valence-electron chi connectivity index (χ2n) is 6.70. The van der Waals surface area contributed by atoms with Gasteiger partial charge in [-0.15, -0.1) is 0 Å². The van der Waals surface area contributed by atoms with Crippen LogP contribution < -0.4 is 10.4 Å². The summed E-state index contributed by atoms with van der Waals surface area (Å²) in [6.45, 7) is 0. The van der Waals surface area contributed by atoms with Crippen LogP contribution in [0.15, 0.2) is 48.5 Å². The lowest BCUT2D eigenvalue weighted by Crippen LogP contribution is -2.30. The lowest BCUT2D eigenvalue weighted by atomic mass is 9.93. The molecular formula is C26H8F2N6. The lowest BCUT2D eigenvalue weighted by Gasteiger charge is -2.08. The minimum atomic E-state index is -1.34. The fourth-order valence-corrected chi connectivity index (χ4v) is 3.32. The second-order valence-corrected chi connectivity index (χ2v) is 6.70. The molecule has 34 heavy (non-hydrogen) atoms. The Morgan fingerprint density at radius 2 is 0.824 bits per heavy atom. The van der Waals surface area contributed by atoms with Gasteiger partial charge in [0.15, 0.2) is 11.6 Å². The van der Waals surface area contributed by atoms with E-state index in [0.29, 0.717) is 0 Å². The van der Waals surface area contributed by atoms with Crippen molar-refractivity contribution in [2.45, 2.75) is 0 Å². The molecule has 0 N–H and O–H groups in total. The molecule has 0 aliphatic carbocycles. The predicted octanol–water partition coefficient (Wildman–Crippen LogP) is 2.90. The van der Waals surface area contributed by atoms with Gasteiger partial charge in [0.2, 0.25) is 0 Å². The number of nitrogens with zero attached hydrogens (tertiary/aromatic N) is 6. The molecule has 3 rings (SSSR count). The summed E-state index contributed by atoms with van der Waals surface area (Å²) in [4.78, 5) is 0. The first-order valence-corrected chi connectivity index (χ1v) is 9.36. The predicted molar refractivity (Wildman–Crippen MR) is 114 cm³/mol. The SMILES string of the molecule is N#C/C(c1ccc(C#N)cc1)=c1/c(F)c(C#N)/c(=C(\C#N)c2ccc(C#N)cc2)c(F)c1C#N. The van der Waals surface area contributed by atoms with Crippen LogP contribution in [0.4, 0.5) is 8.78 Å². The van der Waals surface area contributed by atoms with Gasteiger partial charge in [0.25, 0.3) is 0 Å². The van der Waals surface area contributed by atoms with Crippen molar-refractivity contribution in [3.05, 3.63) is 104 Å². The summed E-state index contributed by atoms with van der Waals surface area (Å²) in [5, 5.41) is 55.1. The standard InChI is InChI=1S/C26H8F2N6/c27-25-22(14-34)24(20(12-32)18-7-3-16(10-30)4-8-18)26(28)21(13-33)23(25)19(11-31)17-5-1-15(9-29)2-6-17/h1-8H/b23-19-,24-20-. The van der Waals surface area contributed by atoms with Gasteiger partial charge < -0.3 is 0 Å². The monoisotopic (exact) mass is 442 g/mol. The van der Waals surface area contributed by atoms with Gasteiger partial charge in [-0.05, 0) is 35.4 Å². The van der Waals surface area contributed by atoms with Crippen LogP contribution in [-0.4, -0.2) is 0 Å². The fourth-order valence-electron chi connectivity index (χ4n) is 3.32. The molecule has 0 radical (unpaired) electrons. The number of halogens is 2. The van der Waals surface area contributed by atoms with Gasteiger partial charge in [-0.1, -0.05) is 24.3 Å². The molecule has 8 heteroatoms. The van der Waals surface area contributed by atoms with Crippen LogP contribution in [0.5, 0.6) is 0 Å². The molecule has 156 valence electrons. The highest BCUT2D eigenvalue weighted by Gasteiger charge is 2.23. The average Bonchev–Trinajstić information content (AvgIpc) is 2.88. The summed E-state index contributed by atoms with van der Waals surface area (Å²) >= 11 is 0. The van der Waals surface area contributed by atoms with Gasteiger partial charge in [-0.3, -0.25) is 0 Å². The summed E-state index contributed by atoms with van der Waals surface area (Å²) in [5.74, 6) is -2.67. The molecule has 0 saturated heterocycles. The van der Waals surface area contributed by atoms with Crippen molar-refractivity contribution in [1.29, 1.82) is 31.6 Å². The van der Waals surface area contributed by atoms with E-state index in [1.54, 1.807) is 12.1 Å². The molecule has 0 aliphatic rings. The third kappa shape index (κ3) is 3.80. The number of benzene rings is 3. The third-order valence-electron chi connectivity index (χ3n) is 4.93. The van der Waals surface area contributed by atoms with E-state index in [2.05, 4.69) is 0 Å².